The number of anilines is 1. The second-order valence-corrected chi connectivity index (χ2v) is 4.72. The average molecular weight is 277 g/mol. The molecule has 0 spiro atoms. The Morgan fingerprint density at radius 1 is 1.15 bits per heavy atom. The topological polar surface area (TPSA) is 48.3 Å². The Hall–Kier alpha value is -1.59. The highest BCUT2D eigenvalue weighted by atomic mass is 16.5. The largest absolute Gasteiger partial charge is 0.382 e. The zero-order chi connectivity index (χ0) is 14.2. The minimum Gasteiger partial charge on any atom is -0.382 e. The molecule has 20 heavy (non-hydrogen) atoms. The molecule has 1 aromatic heterocycles. The van der Waals surface area contributed by atoms with E-state index in [1.807, 2.05) is 25.2 Å². The quantitative estimate of drug-likeness (QED) is 0.715. The van der Waals surface area contributed by atoms with E-state index in [0.29, 0.717) is 13.2 Å². The predicted molar refractivity (Wildman–Crippen MR) is 81.1 cm³/mol. The maximum absolute atomic E-state index is 5.42. The second kappa shape index (κ2) is 7.87. The van der Waals surface area contributed by atoms with Gasteiger partial charge in [0.2, 0.25) is 5.95 Å². The maximum atomic E-state index is 5.42. The summed E-state index contributed by atoms with van der Waals surface area (Å²) in [6, 6.07) is 8.16. The molecule has 1 N–H and O–H groups in total. The van der Waals surface area contributed by atoms with Crippen LogP contribution in [0.5, 0.6) is 0 Å². The summed E-state index contributed by atoms with van der Waals surface area (Å²) in [5.41, 5.74) is 2.18. The molecule has 0 saturated heterocycles. The monoisotopic (exact) mass is 277 g/mol. The van der Waals surface area contributed by atoms with Crippen LogP contribution in [0.3, 0.4) is 0 Å². The lowest BCUT2D eigenvalue weighted by Crippen LogP contribution is -2.08. The third kappa shape index (κ3) is 3.95. The molecule has 0 saturated carbocycles. The number of aryl methyl sites for hydroxylation is 1. The first-order valence-corrected chi connectivity index (χ1v) is 7.05. The fraction of sp³-hybridized carbons (Fsp3) is 0.533. The number of hydrogen-bond donors (Lipinski definition) is 1. The van der Waals surface area contributed by atoms with Crippen LogP contribution in [0.15, 0.2) is 24.3 Å². The van der Waals surface area contributed by atoms with Crippen LogP contribution < -0.4 is 5.32 Å². The molecule has 2 rings (SSSR count). The van der Waals surface area contributed by atoms with Crippen molar-refractivity contribution in [2.45, 2.75) is 12.8 Å². The summed E-state index contributed by atoms with van der Waals surface area (Å²) in [7, 11) is 3.72. The zero-order valence-corrected chi connectivity index (χ0v) is 12.3. The smallest absolute Gasteiger partial charge is 0.203 e. The van der Waals surface area contributed by atoms with Crippen molar-refractivity contribution in [1.29, 1.82) is 0 Å². The van der Waals surface area contributed by atoms with Gasteiger partial charge in [0.25, 0.3) is 0 Å². The van der Waals surface area contributed by atoms with Gasteiger partial charge in [-0.15, -0.1) is 0 Å². The van der Waals surface area contributed by atoms with E-state index >= 15 is 0 Å². The van der Waals surface area contributed by atoms with Crippen molar-refractivity contribution in [2.24, 2.45) is 7.05 Å². The number of benzene rings is 1. The predicted octanol–water partition coefficient (Wildman–Crippen LogP) is 2.43. The van der Waals surface area contributed by atoms with Crippen LogP contribution in [0.25, 0.3) is 11.0 Å². The summed E-state index contributed by atoms with van der Waals surface area (Å²) in [4.78, 5) is 4.57. The highest BCUT2D eigenvalue weighted by Crippen LogP contribution is 2.17. The van der Waals surface area contributed by atoms with E-state index in [4.69, 9.17) is 9.47 Å². The van der Waals surface area contributed by atoms with Gasteiger partial charge in [0, 0.05) is 27.3 Å². The number of hydrogen-bond acceptors (Lipinski definition) is 4. The number of unbranched alkanes of at least 4 members (excludes halogenated alkanes) is 1. The number of fused-ring (bicyclic) bond motifs is 1. The molecule has 0 aliphatic carbocycles. The first-order valence-electron chi connectivity index (χ1n) is 7.05. The van der Waals surface area contributed by atoms with E-state index in [2.05, 4.69) is 20.9 Å². The van der Waals surface area contributed by atoms with E-state index in [1.165, 1.54) is 0 Å². The molecule has 0 bridgehead atoms. The van der Waals surface area contributed by atoms with Gasteiger partial charge in [-0.05, 0) is 25.0 Å². The summed E-state index contributed by atoms with van der Waals surface area (Å²) in [6.45, 7) is 3.03. The normalized spacial score (nSPS) is 11.1. The second-order valence-electron chi connectivity index (χ2n) is 4.72. The van der Waals surface area contributed by atoms with Gasteiger partial charge < -0.3 is 19.4 Å². The molecule has 1 heterocycles. The van der Waals surface area contributed by atoms with Gasteiger partial charge in [-0.3, -0.25) is 0 Å². The van der Waals surface area contributed by atoms with Crippen molar-refractivity contribution in [3.8, 4) is 0 Å². The van der Waals surface area contributed by atoms with Crippen LogP contribution in [0.2, 0.25) is 0 Å². The minimum atomic E-state index is 0.665. The minimum absolute atomic E-state index is 0.665. The van der Waals surface area contributed by atoms with Gasteiger partial charge in [-0.2, -0.15) is 0 Å². The summed E-state index contributed by atoms with van der Waals surface area (Å²) in [5, 5.41) is 3.38. The fourth-order valence-corrected chi connectivity index (χ4v) is 2.08. The molecule has 5 nitrogen and oxygen atoms in total. The Morgan fingerprint density at radius 3 is 2.80 bits per heavy atom. The molecule has 0 aliphatic rings. The van der Waals surface area contributed by atoms with E-state index in [1.54, 1.807) is 7.11 Å². The van der Waals surface area contributed by atoms with Crippen molar-refractivity contribution in [1.82, 2.24) is 9.55 Å². The van der Waals surface area contributed by atoms with Gasteiger partial charge in [0.15, 0.2) is 0 Å². The van der Waals surface area contributed by atoms with Crippen molar-refractivity contribution in [3.05, 3.63) is 24.3 Å². The van der Waals surface area contributed by atoms with Crippen LogP contribution in [0.1, 0.15) is 12.8 Å². The van der Waals surface area contributed by atoms with E-state index < -0.39 is 0 Å². The molecule has 2 aromatic rings. The number of rotatable bonds is 9. The molecular formula is C15H23N3O2. The standard InChI is InChI=1S/C15H23N3O2/c1-18-14-8-4-3-7-13(14)17-15(18)16-9-5-6-10-20-12-11-19-2/h3-4,7-8H,5-6,9-12H2,1-2H3,(H,16,17). The lowest BCUT2D eigenvalue weighted by Gasteiger charge is -2.06. The van der Waals surface area contributed by atoms with E-state index in [0.717, 1.165) is 43.0 Å². The number of nitrogens with zero attached hydrogens (tertiary/aromatic N) is 2. The average Bonchev–Trinajstić information content (AvgIpc) is 2.79. The van der Waals surface area contributed by atoms with Crippen molar-refractivity contribution in [3.63, 3.8) is 0 Å². The molecule has 0 amide bonds. The SMILES string of the molecule is COCCOCCCCNc1nc2ccccc2n1C. The first kappa shape index (κ1) is 14.8. The number of methoxy groups -OCH3 is 1. The third-order valence-electron chi connectivity index (χ3n) is 3.22. The number of aromatic nitrogens is 2. The lowest BCUT2D eigenvalue weighted by molar-refractivity contribution is 0.0691. The summed E-state index contributed by atoms with van der Waals surface area (Å²) in [6.07, 6.45) is 2.11. The van der Waals surface area contributed by atoms with Gasteiger partial charge in [-0.1, -0.05) is 12.1 Å². The Bertz CT molecular complexity index is 525. The van der Waals surface area contributed by atoms with Crippen LogP contribution in [-0.4, -0.2) is 43.0 Å². The van der Waals surface area contributed by atoms with E-state index in [9.17, 15) is 0 Å². The first-order chi connectivity index (χ1) is 9.83. The van der Waals surface area contributed by atoms with Gasteiger partial charge >= 0.3 is 0 Å². The number of imidazole rings is 1. The van der Waals surface area contributed by atoms with Crippen LogP contribution in [-0.2, 0) is 16.5 Å². The third-order valence-corrected chi connectivity index (χ3v) is 3.22. The molecule has 5 heteroatoms. The van der Waals surface area contributed by atoms with E-state index in [-0.39, 0.29) is 0 Å². The molecule has 1 aromatic carbocycles. The molecule has 0 radical (unpaired) electrons. The number of nitrogens with one attached hydrogen (secondary N) is 1. The van der Waals surface area contributed by atoms with Gasteiger partial charge in [-0.25, -0.2) is 4.98 Å². The summed E-state index contributed by atoms with van der Waals surface area (Å²) >= 11 is 0. The Balaban J connectivity index is 1.69. The highest BCUT2D eigenvalue weighted by Gasteiger charge is 2.05. The van der Waals surface area contributed by atoms with Crippen molar-refractivity contribution in [2.75, 3.05) is 38.8 Å². The maximum Gasteiger partial charge on any atom is 0.203 e. The van der Waals surface area contributed by atoms with Crippen molar-refractivity contribution >= 4 is 17.0 Å². The van der Waals surface area contributed by atoms with Gasteiger partial charge in [0.05, 0.1) is 24.2 Å². The molecule has 0 unspecified atom stereocenters. The molecule has 0 fully saturated rings. The molecule has 110 valence electrons. The molecule has 0 atom stereocenters. The fourth-order valence-electron chi connectivity index (χ4n) is 2.08. The highest BCUT2D eigenvalue weighted by molar-refractivity contribution is 5.78. The van der Waals surface area contributed by atoms with Crippen LogP contribution >= 0.6 is 0 Å². The van der Waals surface area contributed by atoms with Gasteiger partial charge in [0.1, 0.15) is 0 Å². The summed E-state index contributed by atoms with van der Waals surface area (Å²) in [5.74, 6) is 0.923. The number of para-hydroxylation sites is 2. The van der Waals surface area contributed by atoms with Crippen molar-refractivity contribution < 1.29 is 9.47 Å². The van der Waals surface area contributed by atoms with Crippen LogP contribution in [0.4, 0.5) is 5.95 Å². The number of ether oxygens (including phenoxy) is 2. The zero-order valence-electron chi connectivity index (χ0n) is 12.3. The Kier molecular flexibility index (Phi) is 5.83. The lowest BCUT2D eigenvalue weighted by atomic mass is 10.3. The summed E-state index contributed by atoms with van der Waals surface area (Å²) < 4.78 is 12.4. The Morgan fingerprint density at radius 2 is 2.00 bits per heavy atom. The Labute approximate surface area is 119 Å². The van der Waals surface area contributed by atoms with Crippen LogP contribution in [0, 0.1) is 0 Å². The molecular weight excluding hydrogens is 254 g/mol. The molecule has 0 aliphatic heterocycles.